The van der Waals surface area contributed by atoms with E-state index in [1.54, 1.807) is 24.3 Å². The molecule has 1 N–H and O–H groups in total. The highest BCUT2D eigenvalue weighted by molar-refractivity contribution is 5.96. The molecule has 0 saturated carbocycles. The van der Waals surface area contributed by atoms with Gasteiger partial charge in [0.25, 0.3) is 0 Å². The molecule has 0 amide bonds. The molecule has 4 aliphatic rings. The van der Waals surface area contributed by atoms with Crippen LogP contribution in [-0.4, -0.2) is 40.2 Å². The first kappa shape index (κ1) is 15.8. The molecule has 4 atom stereocenters. The summed E-state index contributed by atoms with van der Waals surface area (Å²) in [6.07, 6.45) is 7.27. The van der Waals surface area contributed by atoms with Gasteiger partial charge in [0, 0.05) is 18.0 Å². The summed E-state index contributed by atoms with van der Waals surface area (Å²) >= 11 is 0. The van der Waals surface area contributed by atoms with Crippen molar-refractivity contribution < 1.29 is 14.6 Å². The van der Waals surface area contributed by atoms with E-state index in [1.807, 2.05) is 6.08 Å². The molecule has 5 heteroatoms. The highest BCUT2D eigenvalue weighted by Gasteiger charge is 2.62. The minimum absolute atomic E-state index is 0.209. The number of aliphatic hydroxyl groups is 1. The second-order valence-corrected chi connectivity index (χ2v) is 7.62. The lowest BCUT2D eigenvalue weighted by atomic mass is 9.78. The second kappa shape index (κ2) is 5.54. The standard InChI is InChI=1S/C21H20N2O3/c22-12-13-4-6-14(7-5-13)19(24)18-16-9-8-15-11-21(16,26-20(18)25)17-3-1-2-10-23(15)17/h4-9,15,17,19,24H,1-3,10-11H2/t15-,17+,19?,21+/m1/s1. The molecule has 2 fully saturated rings. The Bertz CT molecular complexity index is 880. The van der Waals surface area contributed by atoms with Gasteiger partial charge in [-0.15, -0.1) is 0 Å². The number of carbonyl (C=O) groups is 1. The van der Waals surface area contributed by atoms with Gasteiger partial charge in [0.2, 0.25) is 0 Å². The zero-order valence-corrected chi connectivity index (χ0v) is 14.4. The number of hydrogen-bond acceptors (Lipinski definition) is 5. The number of rotatable bonds is 2. The normalized spacial score (nSPS) is 33.5. The molecular formula is C21H20N2O3. The molecule has 1 spiro atoms. The first-order valence-electron chi connectivity index (χ1n) is 9.24. The molecule has 1 aromatic rings. The zero-order chi connectivity index (χ0) is 17.9. The topological polar surface area (TPSA) is 73.6 Å². The van der Waals surface area contributed by atoms with Gasteiger partial charge in [0.05, 0.1) is 23.2 Å². The third-order valence-corrected chi connectivity index (χ3v) is 6.38. The first-order chi connectivity index (χ1) is 12.6. The SMILES string of the molecule is N#Cc1ccc(C(O)C2=C3C=C[C@@H]4C[C@@]3(OC2=O)[C@@H]2CCCCN42)cc1. The molecule has 3 aliphatic heterocycles. The average molecular weight is 348 g/mol. The van der Waals surface area contributed by atoms with Crippen LogP contribution < -0.4 is 0 Å². The average Bonchev–Trinajstić information content (AvgIpc) is 3.12. The van der Waals surface area contributed by atoms with Gasteiger partial charge in [-0.3, -0.25) is 4.90 Å². The quantitative estimate of drug-likeness (QED) is 0.831. The summed E-state index contributed by atoms with van der Waals surface area (Å²) < 4.78 is 6.00. The van der Waals surface area contributed by atoms with Crippen LogP contribution in [0.2, 0.25) is 0 Å². The molecule has 5 nitrogen and oxygen atoms in total. The maximum atomic E-state index is 12.8. The number of fused-ring (bicyclic) bond motifs is 3. The molecule has 0 aromatic heterocycles. The minimum Gasteiger partial charge on any atom is -0.449 e. The van der Waals surface area contributed by atoms with Crippen molar-refractivity contribution in [3.63, 3.8) is 0 Å². The maximum Gasteiger partial charge on any atom is 0.338 e. The molecule has 3 heterocycles. The molecule has 132 valence electrons. The fourth-order valence-corrected chi connectivity index (χ4v) is 5.21. The Morgan fingerprint density at radius 2 is 2.12 bits per heavy atom. The summed E-state index contributed by atoms with van der Waals surface area (Å²) in [5.74, 6) is -0.408. The van der Waals surface area contributed by atoms with Crippen LogP contribution in [0.25, 0.3) is 0 Å². The van der Waals surface area contributed by atoms with Crippen molar-refractivity contribution in [2.75, 3.05) is 6.54 Å². The predicted octanol–water partition coefficient (Wildman–Crippen LogP) is 2.38. The summed E-state index contributed by atoms with van der Waals surface area (Å²) in [7, 11) is 0. The highest BCUT2D eigenvalue weighted by Crippen LogP contribution is 2.54. The minimum atomic E-state index is -1.04. The molecule has 1 aliphatic carbocycles. The van der Waals surface area contributed by atoms with Gasteiger partial charge in [0.1, 0.15) is 6.10 Å². The van der Waals surface area contributed by atoms with E-state index in [9.17, 15) is 9.90 Å². The van der Waals surface area contributed by atoms with Crippen LogP contribution in [-0.2, 0) is 9.53 Å². The van der Waals surface area contributed by atoms with Crippen LogP contribution in [0.5, 0.6) is 0 Å². The van der Waals surface area contributed by atoms with Crippen molar-refractivity contribution in [1.29, 1.82) is 5.26 Å². The van der Waals surface area contributed by atoms with E-state index in [1.165, 1.54) is 6.42 Å². The Hall–Kier alpha value is -2.42. The summed E-state index contributed by atoms with van der Waals surface area (Å²) in [5, 5.41) is 19.9. The van der Waals surface area contributed by atoms with Gasteiger partial charge < -0.3 is 9.84 Å². The number of aliphatic hydroxyl groups excluding tert-OH is 1. The van der Waals surface area contributed by atoms with Gasteiger partial charge >= 0.3 is 5.97 Å². The Kier molecular flexibility index (Phi) is 3.37. The van der Waals surface area contributed by atoms with E-state index < -0.39 is 17.7 Å². The summed E-state index contributed by atoms with van der Waals surface area (Å²) in [5.41, 5.74) is 1.74. The van der Waals surface area contributed by atoms with Gasteiger partial charge in [-0.2, -0.15) is 5.26 Å². The van der Waals surface area contributed by atoms with Crippen LogP contribution in [0.15, 0.2) is 47.6 Å². The number of piperidine rings is 1. The second-order valence-electron chi connectivity index (χ2n) is 7.62. The van der Waals surface area contributed by atoms with Crippen molar-refractivity contribution in [3.05, 3.63) is 58.7 Å². The maximum absolute atomic E-state index is 12.8. The van der Waals surface area contributed by atoms with Crippen LogP contribution in [0.1, 0.15) is 42.9 Å². The lowest BCUT2D eigenvalue weighted by Gasteiger charge is -2.37. The third kappa shape index (κ3) is 2.00. The predicted molar refractivity (Wildman–Crippen MR) is 93.9 cm³/mol. The number of carbonyl (C=O) groups excluding carboxylic acids is 1. The number of esters is 1. The number of nitriles is 1. The lowest BCUT2D eigenvalue weighted by molar-refractivity contribution is -0.150. The van der Waals surface area contributed by atoms with Crippen molar-refractivity contribution in [3.8, 4) is 6.07 Å². The Labute approximate surface area is 152 Å². The highest BCUT2D eigenvalue weighted by atomic mass is 16.6. The van der Waals surface area contributed by atoms with E-state index in [-0.39, 0.29) is 6.04 Å². The number of ether oxygens (including phenoxy) is 1. The van der Waals surface area contributed by atoms with Gasteiger partial charge in [0.15, 0.2) is 5.60 Å². The molecular weight excluding hydrogens is 328 g/mol. The summed E-state index contributed by atoms with van der Waals surface area (Å²) in [4.78, 5) is 15.3. The van der Waals surface area contributed by atoms with E-state index in [0.717, 1.165) is 31.4 Å². The Morgan fingerprint density at radius 1 is 1.31 bits per heavy atom. The molecule has 1 unspecified atom stereocenters. The van der Waals surface area contributed by atoms with Crippen LogP contribution in [0.4, 0.5) is 0 Å². The van der Waals surface area contributed by atoms with Gasteiger partial charge in [-0.1, -0.05) is 30.7 Å². The van der Waals surface area contributed by atoms with E-state index >= 15 is 0 Å². The first-order valence-corrected chi connectivity index (χ1v) is 9.24. The molecule has 2 bridgehead atoms. The largest absolute Gasteiger partial charge is 0.449 e. The van der Waals surface area contributed by atoms with Gasteiger partial charge in [-0.25, -0.2) is 4.79 Å². The van der Waals surface area contributed by atoms with E-state index in [0.29, 0.717) is 22.7 Å². The molecule has 1 aromatic carbocycles. The monoisotopic (exact) mass is 348 g/mol. The fraction of sp³-hybridized carbons (Fsp3) is 0.429. The Balaban J connectivity index is 1.58. The van der Waals surface area contributed by atoms with Crippen LogP contribution in [0, 0.1) is 11.3 Å². The molecule has 5 rings (SSSR count). The van der Waals surface area contributed by atoms with Crippen LogP contribution >= 0.6 is 0 Å². The third-order valence-electron chi connectivity index (χ3n) is 6.38. The number of benzene rings is 1. The van der Waals surface area contributed by atoms with Crippen molar-refractivity contribution in [2.24, 2.45) is 0 Å². The van der Waals surface area contributed by atoms with Crippen molar-refractivity contribution in [1.82, 2.24) is 4.90 Å². The Morgan fingerprint density at radius 3 is 2.88 bits per heavy atom. The summed E-state index contributed by atoms with van der Waals surface area (Å²) in [6, 6.07) is 9.31. The molecule has 2 saturated heterocycles. The molecule has 26 heavy (non-hydrogen) atoms. The zero-order valence-electron chi connectivity index (χ0n) is 14.4. The van der Waals surface area contributed by atoms with Crippen molar-refractivity contribution >= 4 is 5.97 Å². The fourth-order valence-electron chi connectivity index (χ4n) is 5.21. The van der Waals surface area contributed by atoms with Crippen LogP contribution in [0.3, 0.4) is 0 Å². The van der Waals surface area contributed by atoms with Crippen molar-refractivity contribution in [2.45, 2.75) is 49.5 Å². The summed E-state index contributed by atoms with van der Waals surface area (Å²) in [6.45, 7) is 1.04. The van der Waals surface area contributed by atoms with E-state index in [2.05, 4.69) is 17.0 Å². The molecule has 0 radical (unpaired) electrons. The van der Waals surface area contributed by atoms with E-state index in [4.69, 9.17) is 10.00 Å². The number of nitrogens with zero attached hydrogens (tertiary/aromatic N) is 2. The number of hydrogen-bond donors (Lipinski definition) is 1. The smallest absolute Gasteiger partial charge is 0.338 e. The van der Waals surface area contributed by atoms with Gasteiger partial charge in [-0.05, 0) is 37.1 Å². The lowest BCUT2D eigenvalue weighted by Crippen LogP contribution is -2.48.